The minimum Gasteiger partial charge on any atom is -0.255 e. The van der Waals surface area contributed by atoms with Crippen molar-refractivity contribution in [2.45, 2.75) is 0 Å². The predicted octanol–water partition coefficient (Wildman–Crippen LogP) is 10.4. The Kier molecular flexibility index (Phi) is 6.83. The van der Waals surface area contributed by atoms with E-state index in [9.17, 15) is 5.26 Å². The Morgan fingerprint density at radius 3 is 1.72 bits per heavy atom. The first-order valence-corrected chi connectivity index (χ1v) is 15.2. The van der Waals surface area contributed by atoms with Crippen LogP contribution in [0.25, 0.3) is 77.7 Å². The topological polar surface area (TPSA) is 62.5 Å². The fourth-order valence-corrected chi connectivity index (χ4v) is 6.22. The van der Waals surface area contributed by atoms with E-state index < -0.39 is 0 Å². The fraction of sp³-hybridized carbons (Fsp3) is 0. The number of nitriles is 1. The SMILES string of the molecule is N#Cc1ccc(-c2cc(-c3ccc4ccccc4c3-c3cc(-c4ccccn4)nc(-c4ccccn4)c3)cc3ccccc23)cc1. The van der Waals surface area contributed by atoms with Crippen molar-refractivity contribution in [3.63, 3.8) is 0 Å². The van der Waals surface area contributed by atoms with E-state index >= 15 is 0 Å². The van der Waals surface area contributed by atoms with Crippen LogP contribution in [0.4, 0.5) is 0 Å². The minimum absolute atomic E-state index is 0.645. The highest BCUT2D eigenvalue weighted by atomic mass is 14.8. The molecule has 214 valence electrons. The first kappa shape index (κ1) is 27.1. The van der Waals surface area contributed by atoms with Crippen LogP contribution in [0.3, 0.4) is 0 Å². The van der Waals surface area contributed by atoms with Crippen molar-refractivity contribution in [1.82, 2.24) is 15.0 Å². The van der Waals surface area contributed by atoms with Crippen LogP contribution in [0.2, 0.25) is 0 Å². The molecule has 0 saturated heterocycles. The van der Waals surface area contributed by atoms with Crippen LogP contribution in [-0.2, 0) is 0 Å². The van der Waals surface area contributed by atoms with Crippen LogP contribution >= 0.6 is 0 Å². The highest BCUT2D eigenvalue weighted by Gasteiger charge is 2.18. The molecule has 0 unspecified atom stereocenters. The summed E-state index contributed by atoms with van der Waals surface area (Å²) < 4.78 is 0. The van der Waals surface area contributed by atoms with Gasteiger partial charge in [-0.15, -0.1) is 0 Å². The fourth-order valence-electron chi connectivity index (χ4n) is 6.22. The molecule has 0 aliphatic heterocycles. The van der Waals surface area contributed by atoms with Crippen molar-refractivity contribution < 1.29 is 0 Å². The Morgan fingerprint density at radius 1 is 0.435 bits per heavy atom. The first-order chi connectivity index (χ1) is 22.7. The summed E-state index contributed by atoms with van der Waals surface area (Å²) in [5, 5.41) is 14.0. The predicted molar refractivity (Wildman–Crippen MR) is 187 cm³/mol. The van der Waals surface area contributed by atoms with E-state index in [0.29, 0.717) is 5.56 Å². The highest BCUT2D eigenvalue weighted by molar-refractivity contribution is 6.07. The molecule has 0 radical (unpaired) electrons. The maximum Gasteiger partial charge on any atom is 0.0991 e. The number of pyridine rings is 3. The second-order valence-electron chi connectivity index (χ2n) is 11.2. The van der Waals surface area contributed by atoms with Gasteiger partial charge in [-0.2, -0.15) is 5.26 Å². The zero-order valence-electron chi connectivity index (χ0n) is 24.8. The van der Waals surface area contributed by atoms with E-state index in [1.807, 2.05) is 60.7 Å². The van der Waals surface area contributed by atoms with Crippen molar-refractivity contribution >= 4 is 21.5 Å². The van der Waals surface area contributed by atoms with E-state index in [1.165, 1.54) is 0 Å². The van der Waals surface area contributed by atoms with E-state index in [2.05, 4.69) is 101 Å². The van der Waals surface area contributed by atoms with E-state index in [1.54, 1.807) is 12.4 Å². The normalized spacial score (nSPS) is 11.0. The molecule has 0 spiro atoms. The van der Waals surface area contributed by atoms with Gasteiger partial charge in [0.15, 0.2) is 0 Å². The van der Waals surface area contributed by atoms with Crippen molar-refractivity contribution in [3.8, 4) is 62.2 Å². The third kappa shape index (κ3) is 4.96. The Labute approximate surface area is 266 Å². The van der Waals surface area contributed by atoms with Gasteiger partial charge in [-0.05, 0) is 116 Å². The lowest BCUT2D eigenvalue weighted by molar-refractivity contribution is 1.22. The average molecular weight is 587 g/mol. The van der Waals surface area contributed by atoms with Crippen molar-refractivity contribution in [2.24, 2.45) is 0 Å². The second kappa shape index (κ2) is 11.6. The summed E-state index contributed by atoms with van der Waals surface area (Å²) in [7, 11) is 0. The largest absolute Gasteiger partial charge is 0.255 e. The van der Waals surface area contributed by atoms with Gasteiger partial charge in [-0.1, -0.05) is 84.9 Å². The summed E-state index contributed by atoms with van der Waals surface area (Å²) >= 11 is 0. The molecule has 0 bridgehead atoms. The number of aromatic nitrogens is 3. The molecule has 4 heteroatoms. The summed E-state index contributed by atoms with van der Waals surface area (Å²) in [5.41, 5.74) is 10.4. The number of fused-ring (bicyclic) bond motifs is 2. The third-order valence-electron chi connectivity index (χ3n) is 8.40. The van der Waals surface area contributed by atoms with Crippen LogP contribution in [0.5, 0.6) is 0 Å². The zero-order valence-corrected chi connectivity index (χ0v) is 24.8. The van der Waals surface area contributed by atoms with E-state index in [4.69, 9.17) is 4.98 Å². The number of benzene rings is 5. The Morgan fingerprint density at radius 2 is 1.07 bits per heavy atom. The van der Waals surface area contributed by atoms with Crippen LogP contribution in [-0.4, -0.2) is 15.0 Å². The smallest absolute Gasteiger partial charge is 0.0991 e. The lowest BCUT2D eigenvalue weighted by atomic mass is 9.86. The van der Waals surface area contributed by atoms with Gasteiger partial charge in [-0.25, -0.2) is 4.98 Å². The Hall–Kier alpha value is -6.44. The summed E-state index contributed by atoms with van der Waals surface area (Å²) in [5.74, 6) is 0. The molecule has 0 N–H and O–H groups in total. The Bertz CT molecular complexity index is 2350. The van der Waals surface area contributed by atoms with Gasteiger partial charge in [-0.3, -0.25) is 9.97 Å². The molecule has 3 aromatic heterocycles. The standard InChI is InChI=1S/C42H26N4/c43-27-28-15-17-30(18-16-28)37-24-32(23-31-10-2-3-11-34(31)37)36-20-19-29-9-1-4-12-35(29)42(36)33-25-40(38-13-5-7-21-44-38)46-41(26-33)39-14-6-8-22-45-39/h1-26H. The summed E-state index contributed by atoms with van der Waals surface area (Å²) in [4.78, 5) is 14.3. The van der Waals surface area contributed by atoms with Crippen molar-refractivity contribution in [1.29, 1.82) is 5.26 Å². The van der Waals surface area contributed by atoms with Gasteiger partial charge >= 0.3 is 0 Å². The molecule has 0 aliphatic carbocycles. The van der Waals surface area contributed by atoms with E-state index in [-0.39, 0.29) is 0 Å². The molecule has 0 aliphatic rings. The average Bonchev–Trinajstić information content (AvgIpc) is 3.14. The van der Waals surface area contributed by atoms with Crippen LogP contribution < -0.4 is 0 Å². The van der Waals surface area contributed by atoms with Crippen LogP contribution in [0, 0.1) is 11.3 Å². The van der Waals surface area contributed by atoms with Gasteiger partial charge < -0.3 is 0 Å². The monoisotopic (exact) mass is 586 g/mol. The van der Waals surface area contributed by atoms with Crippen LogP contribution in [0.1, 0.15) is 5.56 Å². The highest BCUT2D eigenvalue weighted by Crippen LogP contribution is 2.43. The molecule has 0 amide bonds. The van der Waals surface area contributed by atoms with Crippen molar-refractivity contribution in [3.05, 3.63) is 164 Å². The molecular weight excluding hydrogens is 560 g/mol. The number of hydrogen-bond donors (Lipinski definition) is 0. The molecule has 0 fully saturated rings. The Balaban J connectivity index is 1.43. The summed E-state index contributed by atoms with van der Waals surface area (Å²) in [6, 6.07) is 52.1. The third-order valence-corrected chi connectivity index (χ3v) is 8.40. The number of rotatable bonds is 5. The molecule has 8 aromatic rings. The van der Waals surface area contributed by atoms with E-state index in [0.717, 1.165) is 77.7 Å². The lowest BCUT2D eigenvalue weighted by Gasteiger charge is -2.18. The molecule has 0 atom stereocenters. The summed E-state index contributed by atoms with van der Waals surface area (Å²) in [6.45, 7) is 0. The molecule has 5 aromatic carbocycles. The number of hydrogen-bond acceptors (Lipinski definition) is 4. The second-order valence-corrected chi connectivity index (χ2v) is 11.2. The molecule has 3 heterocycles. The van der Waals surface area contributed by atoms with Gasteiger partial charge in [0.1, 0.15) is 0 Å². The molecule has 4 nitrogen and oxygen atoms in total. The lowest BCUT2D eigenvalue weighted by Crippen LogP contribution is -1.96. The molecule has 8 rings (SSSR count). The minimum atomic E-state index is 0.645. The van der Waals surface area contributed by atoms with Gasteiger partial charge in [0.2, 0.25) is 0 Å². The van der Waals surface area contributed by atoms with Gasteiger partial charge in [0.05, 0.1) is 34.4 Å². The van der Waals surface area contributed by atoms with Gasteiger partial charge in [0, 0.05) is 12.4 Å². The quantitative estimate of drug-likeness (QED) is 0.201. The van der Waals surface area contributed by atoms with Crippen LogP contribution in [0.15, 0.2) is 158 Å². The first-order valence-electron chi connectivity index (χ1n) is 15.2. The van der Waals surface area contributed by atoms with Crippen molar-refractivity contribution in [2.75, 3.05) is 0 Å². The molecular formula is C42H26N4. The van der Waals surface area contributed by atoms with Gasteiger partial charge in [0.25, 0.3) is 0 Å². The summed E-state index contributed by atoms with van der Waals surface area (Å²) in [6.07, 6.45) is 3.60. The maximum absolute atomic E-state index is 9.41. The molecule has 0 saturated carbocycles. The zero-order chi connectivity index (χ0) is 30.9. The maximum atomic E-state index is 9.41. The molecule has 46 heavy (non-hydrogen) atoms. The number of nitrogens with zero attached hydrogens (tertiary/aromatic N) is 4.